The Morgan fingerprint density at radius 2 is 2.07 bits per heavy atom. The van der Waals surface area contributed by atoms with Crippen LogP contribution in [0.4, 0.5) is 4.79 Å². The Morgan fingerprint density at radius 1 is 1.36 bits per heavy atom. The standard InChI is InChI=1S/C21H28N2O4S/c1-14-23-17(13-28-14)11-25-18-7-5-15(6-8-18)9-16(19-12-26-19)10-22-20(24)27-21(2,3)4/h5-8,13,16,19H,9-12H2,1-4H3,(H,22,24). The number of carbonyl (C=O) groups is 1. The first kappa shape index (κ1) is 20.6. The molecule has 2 atom stereocenters. The van der Waals surface area contributed by atoms with Gasteiger partial charge in [-0.15, -0.1) is 11.3 Å². The highest BCUT2D eigenvalue weighted by Crippen LogP contribution is 2.25. The summed E-state index contributed by atoms with van der Waals surface area (Å²) in [6.07, 6.45) is 0.629. The molecule has 3 rings (SSSR count). The van der Waals surface area contributed by atoms with Gasteiger partial charge >= 0.3 is 6.09 Å². The number of hydrogen-bond acceptors (Lipinski definition) is 6. The average molecular weight is 405 g/mol. The highest BCUT2D eigenvalue weighted by Gasteiger charge is 2.33. The fourth-order valence-electron chi connectivity index (χ4n) is 2.85. The summed E-state index contributed by atoms with van der Waals surface area (Å²) in [4.78, 5) is 16.3. The molecule has 0 spiro atoms. The predicted molar refractivity (Wildman–Crippen MR) is 109 cm³/mol. The Morgan fingerprint density at radius 3 is 2.64 bits per heavy atom. The summed E-state index contributed by atoms with van der Waals surface area (Å²) < 4.78 is 16.6. The van der Waals surface area contributed by atoms with Gasteiger partial charge in [0.15, 0.2) is 0 Å². The summed E-state index contributed by atoms with van der Waals surface area (Å²) in [5.41, 5.74) is 1.64. The first-order chi connectivity index (χ1) is 13.3. The molecule has 28 heavy (non-hydrogen) atoms. The minimum atomic E-state index is -0.497. The van der Waals surface area contributed by atoms with Crippen LogP contribution in [0.25, 0.3) is 0 Å². The Balaban J connectivity index is 1.48. The molecule has 1 amide bonds. The summed E-state index contributed by atoms with van der Waals surface area (Å²) >= 11 is 1.62. The van der Waals surface area contributed by atoms with Crippen LogP contribution in [-0.4, -0.2) is 35.9 Å². The molecule has 1 fully saturated rings. The summed E-state index contributed by atoms with van der Waals surface area (Å²) in [6.45, 7) is 9.30. The molecule has 2 unspecified atom stereocenters. The summed E-state index contributed by atoms with van der Waals surface area (Å²) in [7, 11) is 0. The molecule has 2 heterocycles. The summed E-state index contributed by atoms with van der Waals surface area (Å²) in [5, 5.41) is 5.92. The Kier molecular flexibility index (Phi) is 6.57. The van der Waals surface area contributed by atoms with Crippen molar-refractivity contribution < 1.29 is 19.0 Å². The van der Waals surface area contributed by atoms with Crippen molar-refractivity contribution in [1.29, 1.82) is 0 Å². The first-order valence-electron chi connectivity index (χ1n) is 9.50. The maximum Gasteiger partial charge on any atom is 0.407 e. The van der Waals surface area contributed by atoms with E-state index in [4.69, 9.17) is 14.2 Å². The minimum Gasteiger partial charge on any atom is -0.487 e. The van der Waals surface area contributed by atoms with Gasteiger partial charge in [0.1, 0.15) is 18.0 Å². The normalized spacial score (nSPS) is 17.1. The van der Waals surface area contributed by atoms with E-state index in [0.717, 1.165) is 29.5 Å². The van der Waals surface area contributed by atoms with E-state index in [0.29, 0.717) is 13.2 Å². The molecule has 1 aliphatic rings. The van der Waals surface area contributed by atoms with Gasteiger partial charge in [0.05, 0.1) is 23.4 Å². The van der Waals surface area contributed by atoms with E-state index in [9.17, 15) is 4.79 Å². The number of aryl methyl sites for hydroxylation is 1. The minimum absolute atomic E-state index is 0.193. The molecule has 0 aliphatic carbocycles. The number of nitrogens with one attached hydrogen (secondary N) is 1. The smallest absolute Gasteiger partial charge is 0.407 e. The third-order valence-electron chi connectivity index (χ3n) is 4.27. The number of nitrogens with zero attached hydrogens (tertiary/aromatic N) is 1. The van der Waals surface area contributed by atoms with Gasteiger partial charge in [-0.1, -0.05) is 12.1 Å². The molecule has 1 aromatic carbocycles. The molecule has 1 saturated heterocycles. The van der Waals surface area contributed by atoms with E-state index in [1.165, 1.54) is 5.56 Å². The Hall–Kier alpha value is -2.12. The number of thiazole rings is 1. The molecule has 1 aromatic heterocycles. The van der Waals surface area contributed by atoms with Gasteiger partial charge in [0, 0.05) is 17.8 Å². The van der Waals surface area contributed by atoms with Crippen LogP contribution in [0, 0.1) is 12.8 Å². The van der Waals surface area contributed by atoms with Crippen molar-refractivity contribution in [2.75, 3.05) is 13.2 Å². The Labute approximate surface area is 170 Å². The van der Waals surface area contributed by atoms with Crippen LogP contribution in [0.15, 0.2) is 29.6 Å². The van der Waals surface area contributed by atoms with E-state index >= 15 is 0 Å². The average Bonchev–Trinajstić information content (AvgIpc) is 3.38. The predicted octanol–water partition coefficient (Wildman–Crippen LogP) is 4.11. The van der Waals surface area contributed by atoms with Crippen molar-refractivity contribution in [1.82, 2.24) is 10.3 Å². The highest BCUT2D eigenvalue weighted by molar-refractivity contribution is 7.09. The maximum atomic E-state index is 11.9. The molecule has 152 valence electrons. The molecular formula is C21H28N2O4S. The molecule has 0 radical (unpaired) electrons. The van der Waals surface area contributed by atoms with Crippen molar-refractivity contribution in [3.05, 3.63) is 45.9 Å². The van der Waals surface area contributed by atoms with Gasteiger partial charge in [-0.25, -0.2) is 9.78 Å². The molecular weight excluding hydrogens is 376 g/mol. The second-order valence-corrected chi connectivity index (χ2v) is 9.07. The Bertz CT molecular complexity index is 778. The molecule has 1 aliphatic heterocycles. The monoisotopic (exact) mass is 404 g/mol. The van der Waals surface area contributed by atoms with Crippen molar-refractivity contribution in [2.24, 2.45) is 5.92 Å². The van der Waals surface area contributed by atoms with Gasteiger partial charge in [-0.2, -0.15) is 0 Å². The lowest BCUT2D eigenvalue weighted by molar-refractivity contribution is 0.0516. The van der Waals surface area contributed by atoms with Crippen LogP contribution in [0.2, 0.25) is 0 Å². The summed E-state index contributed by atoms with van der Waals surface area (Å²) in [6, 6.07) is 8.07. The number of aromatic nitrogens is 1. The van der Waals surface area contributed by atoms with Gasteiger partial charge in [0.25, 0.3) is 0 Å². The van der Waals surface area contributed by atoms with E-state index in [-0.39, 0.29) is 18.1 Å². The lowest BCUT2D eigenvalue weighted by Crippen LogP contribution is -2.37. The molecule has 6 nitrogen and oxygen atoms in total. The van der Waals surface area contributed by atoms with Crippen LogP contribution in [0.1, 0.15) is 37.0 Å². The number of alkyl carbamates (subject to hydrolysis) is 1. The molecule has 2 aromatic rings. The van der Waals surface area contributed by atoms with Gasteiger partial charge < -0.3 is 19.5 Å². The molecule has 0 saturated carbocycles. The highest BCUT2D eigenvalue weighted by atomic mass is 32.1. The number of carbonyl (C=O) groups excluding carboxylic acids is 1. The van der Waals surface area contributed by atoms with Crippen molar-refractivity contribution in [3.8, 4) is 5.75 Å². The number of rotatable bonds is 8. The van der Waals surface area contributed by atoms with E-state index in [1.807, 2.05) is 45.2 Å². The number of ether oxygens (including phenoxy) is 3. The van der Waals surface area contributed by atoms with Crippen LogP contribution in [-0.2, 0) is 22.5 Å². The number of hydrogen-bond donors (Lipinski definition) is 1. The summed E-state index contributed by atoms with van der Waals surface area (Å²) in [5.74, 6) is 1.04. The van der Waals surface area contributed by atoms with Crippen molar-refractivity contribution >= 4 is 17.4 Å². The molecule has 7 heteroatoms. The number of amides is 1. The molecule has 0 bridgehead atoms. The van der Waals surface area contributed by atoms with Gasteiger partial charge in [0.2, 0.25) is 0 Å². The van der Waals surface area contributed by atoms with E-state index < -0.39 is 5.60 Å². The quantitative estimate of drug-likeness (QED) is 0.670. The molecule has 1 N–H and O–H groups in total. The zero-order valence-electron chi connectivity index (χ0n) is 16.9. The van der Waals surface area contributed by atoms with Crippen LogP contribution >= 0.6 is 11.3 Å². The largest absolute Gasteiger partial charge is 0.487 e. The zero-order chi connectivity index (χ0) is 20.1. The topological polar surface area (TPSA) is 73.0 Å². The van der Waals surface area contributed by atoms with Gasteiger partial charge in [-0.3, -0.25) is 0 Å². The third kappa shape index (κ3) is 6.80. The first-order valence-corrected chi connectivity index (χ1v) is 10.4. The second-order valence-electron chi connectivity index (χ2n) is 8.01. The maximum absolute atomic E-state index is 11.9. The number of benzene rings is 1. The van der Waals surface area contributed by atoms with Crippen molar-refractivity contribution in [2.45, 2.75) is 52.4 Å². The third-order valence-corrected chi connectivity index (χ3v) is 5.09. The lowest BCUT2D eigenvalue weighted by atomic mass is 9.96. The van der Waals surface area contributed by atoms with Gasteiger partial charge in [-0.05, 0) is 51.8 Å². The van der Waals surface area contributed by atoms with E-state index in [1.54, 1.807) is 11.3 Å². The lowest BCUT2D eigenvalue weighted by Gasteiger charge is -2.21. The van der Waals surface area contributed by atoms with E-state index in [2.05, 4.69) is 22.4 Å². The van der Waals surface area contributed by atoms with Crippen LogP contribution in [0.5, 0.6) is 5.75 Å². The fraction of sp³-hybridized carbons (Fsp3) is 0.524. The number of epoxide rings is 1. The van der Waals surface area contributed by atoms with Crippen molar-refractivity contribution in [3.63, 3.8) is 0 Å². The SMILES string of the molecule is Cc1nc(COc2ccc(CC(CNC(=O)OC(C)(C)C)C3CO3)cc2)cs1. The fourth-order valence-corrected chi connectivity index (χ4v) is 3.45. The van der Waals surface area contributed by atoms with Crippen LogP contribution < -0.4 is 10.1 Å². The van der Waals surface area contributed by atoms with Crippen LogP contribution in [0.3, 0.4) is 0 Å². The zero-order valence-corrected chi connectivity index (χ0v) is 17.7. The second kappa shape index (κ2) is 8.92.